The summed E-state index contributed by atoms with van der Waals surface area (Å²) in [6.07, 6.45) is 3.85. The van der Waals surface area contributed by atoms with Crippen molar-refractivity contribution in [1.29, 1.82) is 0 Å². The minimum atomic E-state index is 0.856. The van der Waals surface area contributed by atoms with Crippen molar-refractivity contribution in [1.82, 2.24) is 4.98 Å². The zero-order valence-electron chi connectivity index (χ0n) is 13.3. The van der Waals surface area contributed by atoms with Crippen molar-refractivity contribution in [3.8, 4) is 11.1 Å². The van der Waals surface area contributed by atoms with E-state index >= 15 is 0 Å². The highest BCUT2D eigenvalue weighted by Gasteiger charge is 2.25. The molecule has 0 unspecified atom stereocenters. The van der Waals surface area contributed by atoms with Crippen LogP contribution in [0.4, 0.5) is 11.5 Å². The molecule has 2 aromatic carbocycles. The van der Waals surface area contributed by atoms with Crippen LogP contribution in [0.2, 0.25) is 0 Å². The molecule has 0 spiro atoms. The van der Waals surface area contributed by atoms with E-state index in [-0.39, 0.29) is 0 Å². The highest BCUT2D eigenvalue weighted by atomic mass is 15.2. The van der Waals surface area contributed by atoms with Gasteiger partial charge in [-0.05, 0) is 30.9 Å². The van der Waals surface area contributed by atoms with Gasteiger partial charge >= 0.3 is 0 Å². The smallest absolute Gasteiger partial charge is 0.236 e. The Balaban J connectivity index is 1.98. The van der Waals surface area contributed by atoms with Crippen LogP contribution >= 0.6 is 0 Å². The van der Waals surface area contributed by atoms with Crippen LogP contribution in [0.1, 0.15) is 19.3 Å². The number of hydrogen-bond acceptors (Lipinski definition) is 2. The van der Waals surface area contributed by atoms with Crippen LogP contribution in [-0.2, 0) is 0 Å². The number of quaternary nitrogens is 1. The molecule has 1 aliphatic rings. The first-order valence-electron chi connectivity index (χ1n) is 8.43. The van der Waals surface area contributed by atoms with Crippen molar-refractivity contribution in [3.05, 3.63) is 54.6 Å². The molecule has 1 fully saturated rings. The number of rotatable bonds is 2. The Labute approximate surface area is 136 Å². The number of nitrogens with two attached hydrogens (primary N) is 1. The molecule has 1 saturated heterocycles. The lowest BCUT2D eigenvalue weighted by molar-refractivity contribution is -0.840. The Morgan fingerprint density at radius 2 is 1.52 bits per heavy atom. The van der Waals surface area contributed by atoms with Crippen molar-refractivity contribution < 1.29 is 4.90 Å². The van der Waals surface area contributed by atoms with Gasteiger partial charge < -0.3 is 5.73 Å². The number of aromatic nitrogens is 1. The Bertz CT molecular complexity index is 821. The first-order valence-corrected chi connectivity index (χ1v) is 8.43. The van der Waals surface area contributed by atoms with Gasteiger partial charge in [-0.2, -0.15) is 4.98 Å². The van der Waals surface area contributed by atoms with E-state index in [1.54, 1.807) is 0 Å². The van der Waals surface area contributed by atoms with Gasteiger partial charge in [0.25, 0.3) is 0 Å². The third-order valence-corrected chi connectivity index (χ3v) is 4.79. The lowest BCUT2D eigenvalue weighted by Gasteiger charge is -2.25. The predicted octanol–water partition coefficient (Wildman–Crippen LogP) is 3.18. The number of fused-ring (bicyclic) bond motifs is 1. The van der Waals surface area contributed by atoms with Crippen molar-refractivity contribution >= 4 is 22.4 Å². The summed E-state index contributed by atoms with van der Waals surface area (Å²) in [5.74, 6) is 1.12. The summed E-state index contributed by atoms with van der Waals surface area (Å²) in [5, 5.41) is 1.05. The number of nitrogens with zero attached hydrogens (tertiary/aromatic N) is 1. The molecule has 3 nitrogen and oxygen atoms in total. The fourth-order valence-corrected chi connectivity index (χ4v) is 3.61. The van der Waals surface area contributed by atoms with Gasteiger partial charge in [0.1, 0.15) is 0 Å². The van der Waals surface area contributed by atoms with Gasteiger partial charge in [-0.25, -0.2) is 0 Å². The summed E-state index contributed by atoms with van der Waals surface area (Å²) < 4.78 is 0. The van der Waals surface area contributed by atoms with Crippen molar-refractivity contribution in [2.45, 2.75) is 19.3 Å². The first-order chi connectivity index (χ1) is 11.3. The summed E-state index contributed by atoms with van der Waals surface area (Å²) in [4.78, 5) is 6.48. The van der Waals surface area contributed by atoms with E-state index in [1.807, 2.05) is 18.2 Å². The second-order valence-corrected chi connectivity index (χ2v) is 6.30. The molecule has 0 bridgehead atoms. The Kier molecular flexibility index (Phi) is 3.72. The molecule has 0 saturated carbocycles. The van der Waals surface area contributed by atoms with E-state index in [4.69, 9.17) is 10.7 Å². The van der Waals surface area contributed by atoms with E-state index in [9.17, 15) is 0 Å². The lowest BCUT2D eigenvalue weighted by atomic mass is 10.00. The largest absolute Gasteiger partial charge is 0.397 e. The topological polar surface area (TPSA) is 43.4 Å². The molecule has 0 radical (unpaired) electrons. The average molecular weight is 304 g/mol. The van der Waals surface area contributed by atoms with E-state index in [0.717, 1.165) is 46.6 Å². The molecule has 23 heavy (non-hydrogen) atoms. The van der Waals surface area contributed by atoms with Crippen LogP contribution in [0.3, 0.4) is 0 Å². The standard InChI is InChI=1S/C20H21N3/c21-19-16-11-5-6-12-17(16)22-20(23-13-7-2-8-14-23)18(19)15-9-3-1-4-10-15/h1,3-6,9-12H,2,7-8,13-14H2,(H2,21,22)/p+1. The number of nitrogen functional groups attached to an aromatic ring is 1. The minimum absolute atomic E-state index is 0.856. The summed E-state index contributed by atoms with van der Waals surface area (Å²) >= 11 is 0. The average Bonchev–Trinajstić information content (AvgIpc) is 2.63. The van der Waals surface area contributed by atoms with Gasteiger partial charge in [0.15, 0.2) is 0 Å². The molecule has 4 rings (SSSR count). The van der Waals surface area contributed by atoms with Gasteiger partial charge in [-0.15, -0.1) is 0 Å². The summed E-state index contributed by atoms with van der Waals surface area (Å²) in [6, 6.07) is 18.6. The zero-order valence-corrected chi connectivity index (χ0v) is 13.3. The Hall–Kier alpha value is -2.39. The maximum absolute atomic E-state index is 6.61. The molecule has 116 valence electrons. The number of nitrogens with one attached hydrogen (secondary N) is 1. The number of anilines is 1. The quantitative estimate of drug-likeness (QED) is 0.763. The number of para-hydroxylation sites is 1. The van der Waals surface area contributed by atoms with Crippen LogP contribution in [0, 0.1) is 0 Å². The normalized spacial score (nSPS) is 15.8. The van der Waals surface area contributed by atoms with Gasteiger partial charge in [-0.1, -0.05) is 48.5 Å². The van der Waals surface area contributed by atoms with Crippen LogP contribution in [0.25, 0.3) is 22.0 Å². The fraction of sp³-hybridized carbons (Fsp3) is 0.250. The van der Waals surface area contributed by atoms with Crippen LogP contribution in [0.5, 0.6) is 0 Å². The maximum atomic E-state index is 6.61. The molecule has 2 heterocycles. The van der Waals surface area contributed by atoms with Crippen molar-refractivity contribution in [3.63, 3.8) is 0 Å². The molecule has 3 aromatic rings. The van der Waals surface area contributed by atoms with Crippen molar-refractivity contribution in [2.24, 2.45) is 0 Å². The van der Waals surface area contributed by atoms with Crippen molar-refractivity contribution in [2.75, 3.05) is 18.8 Å². The van der Waals surface area contributed by atoms with Gasteiger partial charge in [0, 0.05) is 5.39 Å². The maximum Gasteiger partial charge on any atom is 0.236 e. The molecule has 0 atom stereocenters. The molecule has 1 aromatic heterocycles. The monoisotopic (exact) mass is 304 g/mol. The van der Waals surface area contributed by atoms with Gasteiger partial charge in [0.05, 0.1) is 29.9 Å². The van der Waals surface area contributed by atoms with Gasteiger partial charge in [-0.3, -0.25) is 4.90 Å². The van der Waals surface area contributed by atoms with Crippen LogP contribution in [-0.4, -0.2) is 18.1 Å². The summed E-state index contributed by atoms with van der Waals surface area (Å²) in [5.41, 5.74) is 10.7. The second kappa shape index (κ2) is 6.01. The Morgan fingerprint density at radius 3 is 2.30 bits per heavy atom. The first kappa shape index (κ1) is 14.2. The summed E-state index contributed by atoms with van der Waals surface area (Å²) in [7, 11) is 0. The molecular weight excluding hydrogens is 282 g/mol. The third kappa shape index (κ3) is 2.57. The lowest BCUT2D eigenvalue weighted by Crippen LogP contribution is -3.08. The number of hydrogen-bond donors (Lipinski definition) is 2. The Morgan fingerprint density at radius 1 is 0.826 bits per heavy atom. The number of benzene rings is 2. The minimum Gasteiger partial charge on any atom is -0.397 e. The molecule has 0 aliphatic carbocycles. The molecule has 3 heteroatoms. The van der Waals surface area contributed by atoms with Gasteiger partial charge in [0.2, 0.25) is 5.82 Å². The van der Waals surface area contributed by atoms with Crippen LogP contribution in [0.15, 0.2) is 54.6 Å². The third-order valence-electron chi connectivity index (χ3n) is 4.79. The van der Waals surface area contributed by atoms with Crippen LogP contribution < -0.4 is 10.6 Å². The van der Waals surface area contributed by atoms with E-state index in [2.05, 4.69) is 36.4 Å². The molecule has 1 aliphatic heterocycles. The van der Waals surface area contributed by atoms with E-state index < -0.39 is 0 Å². The highest BCUT2D eigenvalue weighted by Crippen LogP contribution is 2.35. The molecule has 3 N–H and O–H groups in total. The number of piperidine rings is 1. The second-order valence-electron chi connectivity index (χ2n) is 6.30. The molecule has 0 amide bonds. The zero-order chi connectivity index (χ0) is 15.6. The van der Waals surface area contributed by atoms with E-state index in [1.165, 1.54) is 24.2 Å². The number of pyridine rings is 1. The summed E-state index contributed by atoms with van der Waals surface area (Å²) in [6.45, 7) is 2.29. The predicted molar refractivity (Wildman–Crippen MR) is 95.8 cm³/mol. The molecular formula is C20H22N3+. The fourth-order valence-electron chi connectivity index (χ4n) is 3.61. The van der Waals surface area contributed by atoms with E-state index in [0.29, 0.717) is 0 Å². The SMILES string of the molecule is Nc1c(-c2ccccc2)c([NH+]2CCCCC2)nc2ccccc12. The highest BCUT2D eigenvalue weighted by molar-refractivity contribution is 6.01.